The zero-order chi connectivity index (χ0) is 14.8. The van der Waals surface area contributed by atoms with E-state index in [0.717, 1.165) is 11.3 Å². The standard InChI is InChI=1S/C15H14N4O2/c1-21-13-7-5-10(6-8-13)14-15(16)19(18-17-14)11-3-2-4-12(20)9-11/h2-9,20H,16H2,1H3. The number of anilines is 1. The van der Waals surface area contributed by atoms with Crippen molar-refractivity contribution in [3.63, 3.8) is 0 Å². The number of hydrogen-bond donors (Lipinski definition) is 2. The SMILES string of the molecule is COc1ccc(-c2nnn(-c3cccc(O)c3)c2N)cc1. The molecule has 106 valence electrons. The average Bonchev–Trinajstić information content (AvgIpc) is 2.89. The van der Waals surface area contributed by atoms with E-state index in [1.54, 1.807) is 31.4 Å². The number of nitrogens with zero attached hydrogens (tertiary/aromatic N) is 3. The molecule has 1 heterocycles. The molecular weight excluding hydrogens is 268 g/mol. The quantitative estimate of drug-likeness (QED) is 0.769. The predicted molar refractivity (Wildman–Crippen MR) is 79.4 cm³/mol. The number of aromatic hydroxyl groups is 1. The summed E-state index contributed by atoms with van der Waals surface area (Å²) < 4.78 is 6.61. The van der Waals surface area contributed by atoms with Crippen LogP contribution in [0.15, 0.2) is 48.5 Å². The van der Waals surface area contributed by atoms with E-state index < -0.39 is 0 Å². The fourth-order valence-corrected chi connectivity index (χ4v) is 2.06. The summed E-state index contributed by atoms with van der Waals surface area (Å²) in [6.07, 6.45) is 0. The normalized spacial score (nSPS) is 10.5. The van der Waals surface area contributed by atoms with Crippen LogP contribution in [-0.4, -0.2) is 27.2 Å². The summed E-state index contributed by atoms with van der Waals surface area (Å²) in [5.41, 5.74) is 8.20. The Balaban J connectivity index is 2.02. The molecule has 6 heteroatoms. The first-order valence-corrected chi connectivity index (χ1v) is 6.34. The fraction of sp³-hybridized carbons (Fsp3) is 0.0667. The van der Waals surface area contributed by atoms with E-state index in [4.69, 9.17) is 10.5 Å². The molecule has 0 fully saturated rings. The number of methoxy groups -OCH3 is 1. The minimum Gasteiger partial charge on any atom is -0.508 e. The molecule has 0 spiro atoms. The number of phenols is 1. The summed E-state index contributed by atoms with van der Waals surface area (Å²) in [4.78, 5) is 0. The minimum absolute atomic E-state index is 0.147. The molecule has 3 N–H and O–H groups in total. The Bertz CT molecular complexity index is 766. The molecular formula is C15H14N4O2. The topological polar surface area (TPSA) is 86.2 Å². The lowest BCUT2D eigenvalue weighted by Gasteiger charge is -2.04. The molecule has 0 saturated carbocycles. The van der Waals surface area contributed by atoms with Gasteiger partial charge >= 0.3 is 0 Å². The molecule has 0 saturated heterocycles. The Labute approximate surface area is 121 Å². The van der Waals surface area contributed by atoms with Crippen molar-refractivity contribution in [1.29, 1.82) is 0 Å². The Hall–Kier alpha value is -3.02. The largest absolute Gasteiger partial charge is 0.508 e. The van der Waals surface area contributed by atoms with E-state index in [2.05, 4.69) is 10.3 Å². The number of rotatable bonds is 3. The summed E-state index contributed by atoms with van der Waals surface area (Å²) in [5.74, 6) is 1.32. The van der Waals surface area contributed by atoms with Gasteiger partial charge in [0.1, 0.15) is 17.2 Å². The Morgan fingerprint density at radius 3 is 2.57 bits per heavy atom. The highest BCUT2D eigenvalue weighted by Crippen LogP contribution is 2.27. The van der Waals surface area contributed by atoms with E-state index in [0.29, 0.717) is 17.2 Å². The number of benzene rings is 2. The molecule has 0 unspecified atom stereocenters. The zero-order valence-electron chi connectivity index (χ0n) is 11.4. The van der Waals surface area contributed by atoms with Crippen molar-refractivity contribution in [2.75, 3.05) is 12.8 Å². The monoisotopic (exact) mass is 282 g/mol. The number of ether oxygens (including phenoxy) is 1. The van der Waals surface area contributed by atoms with Gasteiger partial charge in [0.15, 0.2) is 5.82 Å². The molecule has 3 rings (SSSR count). The van der Waals surface area contributed by atoms with Crippen LogP contribution in [0.3, 0.4) is 0 Å². The maximum absolute atomic E-state index is 9.53. The number of aromatic nitrogens is 3. The molecule has 0 amide bonds. The van der Waals surface area contributed by atoms with E-state index in [1.165, 1.54) is 4.68 Å². The van der Waals surface area contributed by atoms with Crippen LogP contribution in [0.1, 0.15) is 0 Å². The van der Waals surface area contributed by atoms with Crippen molar-refractivity contribution in [2.45, 2.75) is 0 Å². The van der Waals surface area contributed by atoms with Gasteiger partial charge in [-0.25, -0.2) is 0 Å². The summed E-state index contributed by atoms with van der Waals surface area (Å²) in [5, 5.41) is 17.7. The van der Waals surface area contributed by atoms with Gasteiger partial charge in [0.25, 0.3) is 0 Å². The maximum atomic E-state index is 9.53. The Kier molecular flexibility index (Phi) is 3.19. The van der Waals surface area contributed by atoms with Crippen LogP contribution in [0.2, 0.25) is 0 Å². The first-order valence-electron chi connectivity index (χ1n) is 6.34. The molecule has 0 aliphatic carbocycles. The smallest absolute Gasteiger partial charge is 0.155 e. The molecule has 0 aliphatic heterocycles. The maximum Gasteiger partial charge on any atom is 0.155 e. The second kappa shape index (κ2) is 5.16. The van der Waals surface area contributed by atoms with Crippen LogP contribution in [0.5, 0.6) is 11.5 Å². The van der Waals surface area contributed by atoms with E-state index >= 15 is 0 Å². The van der Waals surface area contributed by atoms with Crippen molar-refractivity contribution < 1.29 is 9.84 Å². The van der Waals surface area contributed by atoms with Crippen LogP contribution in [0, 0.1) is 0 Å². The molecule has 0 radical (unpaired) electrons. The van der Waals surface area contributed by atoms with E-state index in [-0.39, 0.29) is 5.75 Å². The van der Waals surface area contributed by atoms with Crippen molar-refractivity contribution in [1.82, 2.24) is 15.0 Å². The number of hydrogen-bond acceptors (Lipinski definition) is 5. The van der Waals surface area contributed by atoms with Gasteiger partial charge in [-0.3, -0.25) is 0 Å². The molecule has 0 aliphatic rings. The van der Waals surface area contributed by atoms with Gasteiger partial charge in [0.2, 0.25) is 0 Å². The second-order valence-electron chi connectivity index (χ2n) is 4.48. The summed E-state index contributed by atoms with van der Waals surface area (Å²) in [6.45, 7) is 0. The van der Waals surface area contributed by atoms with Crippen LogP contribution >= 0.6 is 0 Å². The van der Waals surface area contributed by atoms with Crippen LogP contribution < -0.4 is 10.5 Å². The predicted octanol–water partition coefficient (Wildman–Crippen LogP) is 2.23. The highest BCUT2D eigenvalue weighted by molar-refractivity contribution is 5.71. The number of phenolic OH excluding ortho intramolecular Hbond substituents is 1. The lowest BCUT2D eigenvalue weighted by atomic mass is 10.1. The molecule has 21 heavy (non-hydrogen) atoms. The zero-order valence-corrected chi connectivity index (χ0v) is 11.4. The summed E-state index contributed by atoms with van der Waals surface area (Å²) >= 11 is 0. The van der Waals surface area contributed by atoms with Gasteiger partial charge in [-0.1, -0.05) is 11.3 Å². The van der Waals surface area contributed by atoms with Gasteiger partial charge < -0.3 is 15.6 Å². The average molecular weight is 282 g/mol. The number of nitrogen functional groups attached to an aromatic ring is 1. The van der Waals surface area contributed by atoms with Crippen LogP contribution in [0.4, 0.5) is 5.82 Å². The van der Waals surface area contributed by atoms with Gasteiger partial charge in [-0.2, -0.15) is 4.68 Å². The second-order valence-corrected chi connectivity index (χ2v) is 4.48. The summed E-state index contributed by atoms with van der Waals surface area (Å²) in [7, 11) is 1.61. The van der Waals surface area contributed by atoms with E-state index in [9.17, 15) is 5.11 Å². The fourth-order valence-electron chi connectivity index (χ4n) is 2.06. The lowest BCUT2D eigenvalue weighted by Crippen LogP contribution is -2.02. The number of nitrogens with two attached hydrogens (primary N) is 1. The van der Waals surface area contributed by atoms with Gasteiger partial charge in [-0.05, 0) is 36.4 Å². The van der Waals surface area contributed by atoms with Crippen molar-refractivity contribution >= 4 is 5.82 Å². The van der Waals surface area contributed by atoms with Crippen molar-refractivity contribution in [3.05, 3.63) is 48.5 Å². The minimum atomic E-state index is 0.147. The first-order chi connectivity index (χ1) is 10.2. The molecule has 2 aromatic carbocycles. The highest BCUT2D eigenvalue weighted by Gasteiger charge is 2.13. The summed E-state index contributed by atoms with van der Waals surface area (Å²) in [6, 6.07) is 14.1. The third kappa shape index (κ3) is 2.38. The molecule has 3 aromatic rings. The van der Waals surface area contributed by atoms with Gasteiger partial charge in [0.05, 0.1) is 12.8 Å². The van der Waals surface area contributed by atoms with Crippen LogP contribution in [-0.2, 0) is 0 Å². The third-order valence-electron chi connectivity index (χ3n) is 3.14. The van der Waals surface area contributed by atoms with E-state index in [1.807, 2.05) is 24.3 Å². The van der Waals surface area contributed by atoms with Gasteiger partial charge in [-0.15, -0.1) is 5.10 Å². The van der Waals surface area contributed by atoms with Crippen molar-refractivity contribution in [3.8, 4) is 28.4 Å². The molecule has 0 atom stereocenters. The molecule has 0 bridgehead atoms. The third-order valence-corrected chi connectivity index (χ3v) is 3.14. The lowest BCUT2D eigenvalue weighted by molar-refractivity contribution is 0.415. The molecule has 1 aromatic heterocycles. The Morgan fingerprint density at radius 1 is 1.14 bits per heavy atom. The first kappa shape index (κ1) is 13.0. The van der Waals surface area contributed by atoms with Crippen LogP contribution in [0.25, 0.3) is 16.9 Å². The van der Waals surface area contributed by atoms with Gasteiger partial charge in [0, 0.05) is 11.6 Å². The Morgan fingerprint density at radius 2 is 1.90 bits per heavy atom. The highest BCUT2D eigenvalue weighted by atomic mass is 16.5. The molecule has 6 nitrogen and oxygen atoms in total. The van der Waals surface area contributed by atoms with Crippen molar-refractivity contribution in [2.24, 2.45) is 0 Å².